The number of anilines is 1. The van der Waals surface area contributed by atoms with E-state index in [1.54, 1.807) is 18.2 Å². The van der Waals surface area contributed by atoms with Crippen LogP contribution in [0.1, 0.15) is 45.6 Å². The zero-order valence-electron chi connectivity index (χ0n) is 14.5. The summed E-state index contributed by atoms with van der Waals surface area (Å²) in [6.45, 7) is 0. The Morgan fingerprint density at radius 1 is 1.23 bits per heavy atom. The zero-order valence-corrected chi connectivity index (χ0v) is 16.1. The van der Waals surface area contributed by atoms with Crippen molar-refractivity contribution in [2.45, 2.75) is 32.1 Å². The Morgan fingerprint density at radius 3 is 2.81 bits per heavy atom. The van der Waals surface area contributed by atoms with Crippen molar-refractivity contribution in [3.8, 4) is 0 Å². The number of ether oxygens (including phenoxy) is 1. The molecule has 2 aromatic rings. The smallest absolute Gasteiger partial charge is 0.341 e. The maximum absolute atomic E-state index is 12.3. The van der Waals surface area contributed by atoms with Gasteiger partial charge in [0.2, 0.25) is 5.91 Å². The molecule has 0 radical (unpaired) electrons. The second-order valence-corrected chi connectivity index (χ2v) is 7.68. The van der Waals surface area contributed by atoms with Crippen molar-refractivity contribution in [3.05, 3.63) is 56.9 Å². The maximum Gasteiger partial charge on any atom is 0.341 e. The van der Waals surface area contributed by atoms with Crippen LogP contribution in [0.3, 0.4) is 0 Å². The van der Waals surface area contributed by atoms with Crippen LogP contribution in [0.5, 0.6) is 0 Å². The van der Waals surface area contributed by atoms with Crippen LogP contribution in [0.25, 0.3) is 6.08 Å². The van der Waals surface area contributed by atoms with E-state index in [1.165, 1.54) is 29.4 Å². The lowest BCUT2D eigenvalue weighted by atomic mass is 10.1. The number of halogens is 1. The van der Waals surface area contributed by atoms with Crippen molar-refractivity contribution in [2.75, 3.05) is 12.4 Å². The third kappa shape index (κ3) is 4.34. The fraction of sp³-hybridized carbons (Fsp3) is 0.300. The monoisotopic (exact) mass is 389 g/mol. The third-order valence-electron chi connectivity index (χ3n) is 4.32. The number of nitrogens with one attached hydrogen (secondary N) is 1. The topological polar surface area (TPSA) is 55.4 Å². The van der Waals surface area contributed by atoms with Gasteiger partial charge in [0.05, 0.1) is 12.7 Å². The Kier molecular flexibility index (Phi) is 6.12. The van der Waals surface area contributed by atoms with E-state index in [2.05, 4.69) is 5.32 Å². The number of aryl methyl sites for hydroxylation is 1. The first-order valence-electron chi connectivity index (χ1n) is 8.56. The summed E-state index contributed by atoms with van der Waals surface area (Å²) in [5.41, 5.74) is 2.38. The largest absolute Gasteiger partial charge is 0.465 e. The average Bonchev–Trinajstić information content (AvgIpc) is 2.80. The molecule has 1 aliphatic rings. The van der Waals surface area contributed by atoms with Gasteiger partial charge in [-0.25, -0.2) is 4.79 Å². The second-order valence-electron chi connectivity index (χ2n) is 6.14. The Labute approximate surface area is 161 Å². The van der Waals surface area contributed by atoms with Crippen LogP contribution < -0.4 is 5.32 Å². The van der Waals surface area contributed by atoms with Crippen LogP contribution in [-0.2, 0) is 22.4 Å². The predicted octanol–water partition coefficient (Wildman–Crippen LogP) is 5.11. The number of esters is 1. The van der Waals surface area contributed by atoms with E-state index in [-0.39, 0.29) is 5.91 Å². The molecule has 1 aromatic heterocycles. The van der Waals surface area contributed by atoms with Crippen LogP contribution in [0, 0.1) is 0 Å². The zero-order chi connectivity index (χ0) is 18.5. The highest BCUT2D eigenvalue weighted by Crippen LogP contribution is 2.37. The molecule has 0 bridgehead atoms. The molecular formula is C20H20ClNO3S. The lowest BCUT2D eigenvalue weighted by Gasteiger charge is -2.06. The molecule has 0 saturated carbocycles. The van der Waals surface area contributed by atoms with Gasteiger partial charge in [0.25, 0.3) is 0 Å². The van der Waals surface area contributed by atoms with Gasteiger partial charge in [-0.05, 0) is 55.0 Å². The molecule has 136 valence electrons. The van der Waals surface area contributed by atoms with Crippen LogP contribution in [0.4, 0.5) is 5.00 Å². The number of amides is 1. The first-order chi connectivity index (χ1) is 12.6. The lowest BCUT2D eigenvalue weighted by molar-refractivity contribution is -0.111. The number of carbonyl (C=O) groups is 2. The molecule has 26 heavy (non-hydrogen) atoms. The quantitative estimate of drug-likeness (QED) is 0.449. The SMILES string of the molecule is COC(=O)c1c(NC(=O)C=Cc2cccc(Cl)c2)sc2c1CCCCC2. The van der Waals surface area contributed by atoms with Gasteiger partial charge in [0, 0.05) is 16.0 Å². The van der Waals surface area contributed by atoms with Gasteiger partial charge in [-0.1, -0.05) is 30.2 Å². The molecule has 6 heteroatoms. The minimum Gasteiger partial charge on any atom is -0.465 e. The molecule has 4 nitrogen and oxygen atoms in total. The van der Waals surface area contributed by atoms with Crippen molar-refractivity contribution >= 4 is 45.9 Å². The van der Waals surface area contributed by atoms with Gasteiger partial charge in [-0.3, -0.25) is 4.79 Å². The van der Waals surface area contributed by atoms with Crippen molar-refractivity contribution in [2.24, 2.45) is 0 Å². The highest BCUT2D eigenvalue weighted by Gasteiger charge is 2.25. The van der Waals surface area contributed by atoms with Gasteiger partial charge >= 0.3 is 5.97 Å². The number of hydrogen-bond acceptors (Lipinski definition) is 4. The van der Waals surface area contributed by atoms with Crippen molar-refractivity contribution in [3.63, 3.8) is 0 Å². The van der Waals surface area contributed by atoms with Crippen LogP contribution in [-0.4, -0.2) is 19.0 Å². The molecule has 0 saturated heterocycles. The minimum absolute atomic E-state index is 0.286. The molecule has 0 spiro atoms. The fourth-order valence-corrected chi connectivity index (χ4v) is 4.56. The summed E-state index contributed by atoms with van der Waals surface area (Å²) in [7, 11) is 1.37. The summed E-state index contributed by atoms with van der Waals surface area (Å²) >= 11 is 7.43. The summed E-state index contributed by atoms with van der Waals surface area (Å²) in [6.07, 6.45) is 8.25. The molecule has 1 amide bonds. The normalized spacial score (nSPS) is 13.9. The van der Waals surface area contributed by atoms with Crippen LogP contribution in [0.2, 0.25) is 5.02 Å². The number of hydrogen-bond donors (Lipinski definition) is 1. The molecule has 1 N–H and O–H groups in total. The Bertz CT molecular complexity index is 857. The number of thiophene rings is 1. The first-order valence-corrected chi connectivity index (χ1v) is 9.75. The summed E-state index contributed by atoms with van der Waals surface area (Å²) in [4.78, 5) is 25.8. The van der Waals surface area contributed by atoms with Crippen molar-refractivity contribution in [1.29, 1.82) is 0 Å². The van der Waals surface area contributed by atoms with Gasteiger partial charge in [0.15, 0.2) is 0 Å². The van der Waals surface area contributed by atoms with Gasteiger partial charge in [0.1, 0.15) is 5.00 Å². The second kappa shape index (κ2) is 8.52. The van der Waals surface area contributed by atoms with Crippen molar-refractivity contribution in [1.82, 2.24) is 0 Å². The molecule has 0 aliphatic heterocycles. The van der Waals surface area contributed by atoms with Gasteiger partial charge in [-0.15, -0.1) is 11.3 Å². The summed E-state index contributed by atoms with van der Waals surface area (Å²) in [5, 5.41) is 4.03. The van der Waals surface area contributed by atoms with E-state index < -0.39 is 5.97 Å². The van der Waals surface area contributed by atoms with E-state index in [0.29, 0.717) is 15.6 Å². The van der Waals surface area contributed by atoms with E-state index in [4.69, 9.17) is 16.3 Å². The number of rotatable bonds is 4. The van der Waals surface area contributed by atoms with E-state index in [1.807, 2.05) is 12.1 Å². The third-order valence-corrected chi connectivity index (χ3v) is 5.77. The van der Waals surface area contributed by atoms with Crippen LogP contribution in [0.15, 0.2) is 30.3 Å². The van der Waals surface area contributed by atoms with Gasteiger partial charge in [-0.2, -0.15) is 0 Å². The van der Waals surface area contributed by atoms with E-state index in [9.17, 15) is 9.59 Å². The summed E-state index contributed by atoms with van der Waals surface area (Å²) in [6, 6.07) is 7.24. The average molecular weight is 390 g/mol. The van der Waals surface area contributed by atoms with Crippen molar-refractivity contribution < 1.29 is 14.3 Å². The van der Waals surface area contributed by atoms with Gasteiger partial charge < -0.3 is 10.1 Å². The van der Waals surface area contributed by atoms with Crippen LogP contribution >= 0.6 is 22.9 Å². The number of carbonyl (C=O) groups excluding carboxylic acids is 2. The minimum atomic E-state index is -0.390. The fourth-order valence-electron chi connectivity index (χ4n) is 3.08. The number of fused-ring (bicyclic) bond motifs is 1. The van der Waals surface area contributed by atoms with E-state index in [0.717, 1.165) is 43.2 Å². The summed E-state index contributed by atoms with van der Waals surface area (Å²) < 4.78 is 4.95. The molecular weight excluding hydrogens is 370 g/mol. The first kappa shape index (κ1) is 18.7. The Morgan fingerprint density at radius 2 is 2.04 bits per heavy atom. The molecule has 0 fully saturated rings. The molecule has 1 aromatic carbocycles. The number of benzene rings is 1. The maximum atomic E-state index is 12.3. The lowest BCUT2D eigenvalue weighted by Crippen LogP contribution is -2.12. The molecule has 0 unspecified atom stereocenters. The number of methoxy groups -OCH3 is 1. The highest BCUT2D eigenvalue weighted by atomic mass is 35.5. The Balaban J connectivity index is 1.82. The predicted molar refractivity (Wildman–Crippen MR) is 106 cm³/mol. The van der Waals surface area contributed by atoms with E-state index >= 15 is 0 Å². The molecule has 0 atom stereocenters. The molecule has 1 aliphatic carbocycles. The highest BCUT2D eigenvalue weighted by molar-refractivity contribution is 7.17. The summed E-state index contributed by atoms with van der Waals surface area (Å²) in [5.74, 6) is -0.676. The standard InChI is InChI=1S/C20H20ClNO3S/c1-25-20(24)18-15-8-3-2-4-9-16(15)26-19(18)22-17(23)11-10-13-6-5-7-14(21)12-13/h5-7,10-12H,2-4,8-9H2,1H3,(H,22,23). The Hall–Kier alpha value is -2.11. The molecule has 3 rings (SSSR count). The molecule has 1 heterocycles.